The van der Waals surface area contributed by atoms with E-state index in [1.54, 1.807) is 45.0 Å². The Morgan fingerprint density at radius 1 is 0.936 bits per heavy atom. The van der Waals surface area contributed by atoms with Crippen molar-refractivity contribution in [2.45, 2.75) is 117 Å². The van der Waals surface area contributed by atoms with Crippen LogP contribution >= 0.6 is 0 Å². The SMILES string of the molecule is CC(C)(C)OC(=O)COc1cccc(CC(=O)NC(Cc2cccc(C(=O)OC(C)(C)C)c2)B2OC3CC4CC(C4(C)C)C3(C)O2)c1. The molecule has 4 aliphatic rings. The zero-order chi connectivity index (χ0) is 34.4. The largest absolute Gasteiger partial charge is 0.482 e. The second-order valence-corrected chi connectivity index (χ2v) is 16.1. The molecule has 1 aliphatic heterocycles. The summed E-state index contributed by atoms with van der Waals surface area (Å²) in [6.45, 7) is 17.5. The molecule has 254 valence electrons. The topological polar surface area (TPSA) is 109 Å². The van der Waals surface area contributed by atoms with E-state index in [0.29, 0.717) is 29.6 Å². The van der Waals surface area contributed by atoms with Gasteiger partial charge in [0.1, 0.15) is 17.0 Å². The Balaban J connectivity index is 1.31. The normalized spacial score (nSPS) is 25.2. The standard InChI is InChI=1S/C37H50BNO8/c1-34(2,3)44-32(41)22-43-27-15-11-13-24(17-27)19-31(40)39-30(18-23-12-10-14-25(16-23)33(42)45-35(4,5)6)38-46-29-21-26-20-28(36(26,7)8)37(29,9)47-38/h10-17,26,28-30H,18-22H2,1-9H3,(H,39,40). The summed E-state index contributed by atoms with van der Waals surface area (Å²) < 4.78 is 30.0. The first-order valence-corrected chi connectivity index (χ1v) is 16.7. The van der Waals surface area contributed by atoms with Crippen LogP contribution in [0, 0.1) is 17.3 Å². The number of esters is 2. The van der Waals surface area contributed by atoms with Gasteiger partial charge in [-0.1, -0.05) is 38.1 Å². The number of hydrogen-bond donors (Lipinski definition) is 1. The number of benzene rings is 2. The van der Waals surface area contributed by atoms with Gasteiger partial charge in [-0.3, -0.25) is 4.79 Å². The van der Waals surface area contributed by atoms with E-state index in [0.717, 1.165) is 24.0 Å². The molecule has 2 aromatic carbocycles. The summed E-state index contributed by atoms with van der Waals surface area (Å²) in [5, 5.41) is 3.19. The minimum Gasteiger partial charge on any atom is -0.482 e. The molecule has 47 heavy (non-hydrogen) atoms. The molecule has 0 spiro atoms. The van der Waals surface area contributed by atoms with Gasteiger partial charge in [0.15, 0.2) is 6.61 Å². The summed E-state index contributed by atoms with van der Waals surface area (Å²) in [6, 6.07) is 14.4. The molecule has 2 bridgehead atoms. The lowest BCUT2D eigenvalue weighted by molar-refractivity contribution is -0.199. The van der Waals surface area contributed by atoms with Crippen molar-refractivity contribution < 1.29 is 37.9 Å². The van der Waals surface area contributed by atoms with E-state index < -0.39 is 41.8 Å². The zero-order valence-corrected chi connectivity index (χ0v) is 29.3. The third-order valence-electron chi connectivity index (χ3n) is 9.70. The Hall–Kier alpha value is -3.37. The second-order valence-electron chi connectivity index (χ2n) is 16.1. The van der Waals surface area contributed by atoms with Crippen molar-refractivity contribution in [1.29, 1.82) is 0 Å². The van der Waals surface area contributed by atoms with Gasteiger partial charge in [0.25, 0.3) is 0 Å². The van der Waals surface area contributed by atoms with Crippen molar-refractivity contribution in [1.82, 2.24) is 5.32 Å². The number of amides is 1. The molecule has 1 saturated heterocycles. The Bertz CT molecular complexity index is 1490. The average Bonchev–Trinajstić information content (AvgIpc) is 3.31. The lowest BCUT2D eigenvalue weighted by atomic mass is 9.43. The van der Waals surface area contributed by atoms with Crippen LogP contribution in [0.5, 0.6) is 5.75 Å². The molecule has 6 rings (SSSR count). The molecule has 1 N–H and O–H groups in total. The van der Waals surface area contributed by atoms with E-state index in [9.17, 15) is 14.4 Å². The molecular formula is C37H50BNO8. The van der Waals surface area contributed by atoms with Crippen LogP contribution in [-0.4, -0.2) is 60.4 Å². The summed E-state index contributed by atoms with van der Waals surface area (Å²) in [6.07, 6.45) is 2.49. The molecule has 3 aliphatic carbocycles. The van der Waals surface area contributed by atoms with Crippen LogP contribution in [0.4, 0.5) is 0 Å². The zero-order valence-electron chi connectivity index (χ0n) is 29.3. The van der Waals surface area contributed by atoms with Gasteiger partial charge >= 0.3 is 19.1 Å². The molecule has 0 aromatic heterocycles. The number of carbonyl (C=O) groups excluding carboxylic acids is 3. The molecule has 5 atom stereocenters. The van der Waals surface area contributed by atoms with Gasteiger partial charge in [-0.2, -0.15) is 0 Å². The predicted molar refractivity (Wildman–Crippen MR) is 179 cm³/mol. The highest BCUT2D eigenvalue weighted by Gasteiger charge is 2.68. The van der Waals surface area contributed by atoms with Crippen LogP contribution in [0.25, 0.3) is 0 Å². The van der Waals surface area contributed by atoms with E-state index in [4.69, 9.17) is 23.5 Å². The summed E-state index contributed by atoms with van der Waals surface area (Å²) in [7, 11) is -0.655. The number of ether oxygens (including phenoxy) is 3. The van der Waals surface area contributed by atoms with Gasteiger partial charge in [0.2, 0.25) is 5.91 Å². The third-order valence-corrected chi connectivity index (χ3v) is 9.70. The Morgan fingerprint density at radius 3 is 2.30 bits per heavy atom. The molecule has 1 heterocycles. The first kappa shape index (κ1) is 35.0. The Labute approximate surface area is 279 Å². The number of nitrogens with one attached hydrogen (secondary N) is 1. The monoisotopic (exact) mass is 647 g/mol. The molecule has 0 radical (unpaired) electrons. The number of rotatable bonds is 10. The molecule has 1 amide bonds. The quantitative estimate of drug-likeness (QED) is 0.251. The molecule has 10 heteroatoms. The predicted octanol–water partition coefficient (Wildman–Crippen LogP) is 5.90. The van der Waals surface area contributed by atoms with Crippen molar-refractivity contribution in [2.24, 2.45) is 17.3 Å². The maximum Gasteiger partial charge on any atom is 0.482 e. The molecule has 2 aromatic rings. The fourth-order valence-electron chi connectivity index (χ4n) is 7.40. The fourth-order valence-corrected chi connectivity index (χ4v) is 7.40. The lowest BCUT2D eigenvalue weighted by Gasteiger charge is -2.64. The van der Waals surface area contributed by atoms with Gasteiger partial charge in [-0.25, -0.2) is 9.59 Å². The summed E-state index contributed by atoms with van der Waals surface area (Å²) in [4.78, 5) is 38.6. The first-order chi connectivity index (χ1) is 21.8. The van der Waals surface area contributed by atoms with E-state index in [1.807, 2.05) is 45.0 Å². The van der Waals surface area contributed by atoms with Gasteiger partial charge in [0.05, 0.1) is 29.6 Å². The first-order valence-electron chi connectivity index (χ1n) is 16.7. The summed E-state index contributed by atoms with van der Waals surface area (Å²) in [5.41, 5.74) is 0.548. The van der Waals surface area contributed by atoms with Crippen molar-refractivity contribution in [2.75, 3.05) is 6.61 Å². The van der Waals surface area contributed by atoms with Gasteiger partial charge < -0.3 is 28.8 Å². The summed E-state index contributed by atoms with van der Waals surface area (Å²) in [5.74, 6) is -0.147. The molecule has 4 fully saturated rings. The van der Waals surface area contributed by atoms with Crippen LogP contribution in [0.1, 0.15) is 96.6 Å². The van der Waals surface area contributed by atoms with Crippen LogP contribution < -0.4 is 10.1 Å². The van der Waals surface area contributed by atoms with Crippen molar-refractivity contribution in [3.8, 4) is 5.75 Å². The summed E-state index contributed by atoms with van der Waals surface area (Å²) >= 11 is 0. The molecule has 3 saturated carbocycles. The fraction of sp³-hybridized carbons (Fsp3) is 0.595. The maximum atomic E-state index is 13.6. The van der Waals surface area contributed by atoms with Gasteiger partial charge in [-0.15, -0.1) is 0 Å². The molecular weight excluding hydrogens is 597 g/mol. The average molecular weight is 648 g/mol. The number of hydrogen-bond acceptors (Lipinski definition) is 8. The van der Waals surface area contributed by atoms with Crippen molar-refractivity contribution in [3.05, 3.63) is 65.2 Å². The van der Waals surface area contributed by atoms with Crippen LogP contribution in [0.2, 0.25) is 0 Å². The highest BCUT2D eigenvalue weighted by Crippen LogP contribution is 2.65. The highest BCUT2D eigenvalue weighted by molar-refractivity contribution is 6.48. The van der Waals surface area contributed by atoms with Gasteiger partial charge in [0, 0.05) is 0 Å². The van der Waals surface area contributed by atoms with E-state index in [1.165, 1.54) is 0 Å². The van der Waals surface area contributed by atoms with Crippen molar-refractivity contribution in [3.63, 3.8) is 0 Å². The molecule has 5 unspecified atom stereocenters. The second kappa shape index (κ2) is 12.9. The smallest absolute Gasteiger partial charge is 0.482 e. The van der Waals surface area contributed by atoms with Gasteiger partial charge in [-0.05, 0) is 120 Å². The van der Waals surface area contributed by atoms with Crippen LogP contribution in [0.3, 0.4) is 0 Å². The lowest BCUT2D eigenvalue weighted by Crippen LogP contribution is -2.65. The number of carbonyl (C=O) groups is 3. The third kappa shape index (κ3) is 8.20. The minimum absolute atomic E-state index is 0.0458. The Kier molecular flexibility index (Phi) is 9.61. The van der Waals surface area contributed by atoms with Crippen molar-refractivity contribution >= 4 is 25.0 Å². The van der Waals surface area contributed by atoms with Crippen LogP contribution in [-0.2, 0) is 41.2 Å². The molecule has 9 nitrogen and oxygen atoms in total. The van der Waals surface area contributed by atoms with Crippen LogP contribution in [0.15, 0.2) is 48.5 Å². The van der Waals surface area contributed by atoms with E-state index in [2.05, 4.69) is 26.1 Å². The minimum atomic E-state index is -0.655. The maximum absolute atomic E-state index is 13.6. The Morgan fingerprint density at radius 2 is 1.62 bits per heavy atom. The van der Waals surface area contributed by atoms with E-state index >= 15 is 0 Å². The van der Waals surface area contributed by atoms with E-state index in [-0.39, 0.29) is 30.5 Å². The highest BCUT2D eigenvalue weighted by atomic mass is 16.7.